The van der Waals surface area contributed by atoms with E-state index in [1.165, 1.54) is 0 Å². The zero-order chi connectivity index (χ0) is 7.98. The molecule has 10 heavy (non-hydrogen) atoms. The van der Waals surface area contributed by atoms with E-state index in [-0.39, 0.29) is 13.1 Å². The molecule has 0 heterocycles. The molecule has 1 atom stereocenters. The molecular weight excluding hydrogens is 135 g/mol. The standard InChI is InChI=1S/C7H13FO2/c1-6(2)3-7(8)4-10-5-9/h5-7H,3-4H2,1-2H3. The number of halogens is 1. The van der Waals surface area contributed by atoms with E-state index >= 15 is 0 Å². The number of alkyl halides is 1. The fourth-order valence-corrected chi connectivity index (χ4v) is 0.723. The van der Waals surface area contributed by atoms with Gasteiger partial charge in [-0.05, 0) is 12.3 Å². The first-order valence-electron chi connectivity index (χ1n) is 3.36. The number of carbonyl (C=O) groups excluding carboxylic acids is 1. The minimum absolute atomic E-state index is 0.109. The van der Waals surface area contributed by atoms with Gasteiger partial charge in [0.25, 0.3) is 6.47 Å². The Morgan fingerprint density at radius 2 is 2.20 bits per heavy atom. The summed E-state index contributed by atoms with van der Waals surface area (Å²) in [5.41, 5.74) is 0. The molecule has 0 aromatic carbocycles. The Morgan fingerprint density at radius 3 is 2.60 bits per heavy atom. The molecule has 0 bridgehead atoms. The van der Waals surface area contributed by atoms with Crippen molar-refractivity contribution in [2.75, 3.05) is 6.61 Å². The second kappa shape index (κ2) is 5.21. The van der Waals surface area contributed by atoms with Crippen LogP contribution in [0.4, 0.5) is 4.39 Å². The first-order chi connectivity index (χ1) is 4.66. The Balaban J connectivity index is 3.24. The third kappa shape index (κ3) is 5.54. The fourth-order valence-electron chi connectivity index (χ4n) is 0.723. The normalized spacial score (nSPS) is 13.2. The van der Waals surface area contributed by atoms with E-state index in [4.69, 9.17) is 0 Å². The van der Waals surface area contributed by atoms with E-state index < -0.39 is 6.17 Å². The number of rotatable bonds is 5. The quantitative estimate of drug-likeness (QED) is 0.553. The molecule has 0 saturated heterocycles. The van der Waals surface area contributed by atoms with Crippen LogP contribution in [0.3, 0.4) is 0 Å². The molecule has 0 fully saturated rings. The van der Waals surface area contributed by atoms with Crippen LogP contribution in [-0.2, 0) is 9.53 Å². The molecule has 0 saturated carbocycles. The molecular formula is C7H13FO2. The lowest BCUT2D eigenvalue weighted by Crippen LogP contribution is -2.12. The zero-order valence-corrected chi connectivity index (χ0v) is 6.34. The summed E-state index contributed by atoms with van der Waals surface area (Å²) in [6, 6.07) is 0. The second-order valence-corrected chi connectivity index (χ2v) is 2.66. The highest BCUT2D eigenvalue weighted by Gasteiger charge is 2.08. The molecule has 60 valence electrons. The second-order valence-electron chi connectivity index (χ2n) is 2.66. The van der Waals surface area contributed by atoms with Crippen LogP contribution in [0.15, 0.2) is 0 Å². The first-order valence-corrected chi connectivity index (χ1v) is 3.36. The molecule has 0 aromatic heterocycles. The van der Waals surface area contributed by atoms with Crippen LogP contribution in [0, 0.1) is 5.92 Å². The number of hydrogen-bond acceptors (Lipinski definition) is 2. The van der Waals surface area contributed by atoms with Crippen molar-refractivity contribution < 1.29 is 13.9 Å². The van der Waals surface area contributed by atoms with Crippen molar-refractivity contribution in [3.63, 3.8) is 0 Å². The summed E-state index contributed by atoms with van der Waals surface area (Å²) in [5, 5.41) is 0. The molecule has 0 aliphatic rings. The van der Waals surface area contributed by atoms with Gasteiger partial charge in [0.15, 0.2) is 0 Å². The van der Waals surface area contributed by atoms with Gasteiger partial charge >= 0.3 is 0 Å². The summed E-state index contributed by atoms with van der Waals surface area (Å²) in [5.74, 6) is 0.310. The molecule has 0 rings (SSSR count). The first kappa shape index (κ1) is 9.40. The van der Waals surface area contributed by atoms with Crippen LogP contribution >= 0.6 is 0 Å². The predicted octanol–water partition coefficient (Wildman–Crippen LogP) is 1.54. The highest BCUT2D eigenvalue weighted by molar-refractivity contribution is 5.36. The van der Waals surface area contributed by atoms with Gasteiger partial charge < -0.3 is 4.74 Å². The van der Waals surface area contributed by atoms with Crippen LogP contribution in [0.25, 0.3) is 0 Å². The van der Waals surface area contributed by atoms with E-state index in [0.717, 1.165) is 0 Å². The van der Waals surface area contributed by atoms with Crippen molar-refractivity contribution in [2.24, 2.45) is 5.92 Å². The Kier molecular flexibility index (Phi) is 4.89. The van der Waals surface area contributed by atoms with Crippen LogP contribution in [-0.4, -0.2) is 19.3 Å². The number of ether oxygens (including phenoxy) is 1. The van der Waals surface area contributed by atoms with Gasteiger partial charge in [0.05, 0.1) is 0 Å². The Morgan fingerprint density at radius 1 is 1.60 bits per heavy atom. The number of carbonyl (C=O) groups is 1. The highest BCUT2D eigenvalue weighted by Crippen LogP contribution is 2.07. The molecule has 1 unspecified atom stereocenters. The average molecular weight is 148 g/mol. The molecule has 0 aromatic rings. The minimum Gasteiger partial charge on any atom is -0.465 e. The Bertz CT molecular complexity index is 93.6. The van der Waals surface area contributed by atoms with Gasteiger partial charge in [0.1, 0.15) is 12.8 Å². The van der Waals surface area contributed by atoms with Gasteiger partial charge in [-0.15, -0.1) is 0 Å². The van der Waals surface area contributed by atoms with Crippen LogP contribution in [0.5, 0.6) is 0 Å². The van der Waals surface area contributed by atoms with E-state index in [0.29, 0.717) is 12.3 Å². The van der Waals surface area contributed by atoms with E-state index in [2.05, 4.69) is 4.74 Å². The summed E-state index contributed by atoms with van der Waals surface area (Å²) in [4.78, 5) is 9.61. The fraction of sp³-hybridized carbons (Fsp3) is 0.857. The zero-order valence-electron chi connectivity index (χ0n) is 6.34. The molecule has 0 spiro atoms. The third-order valence-corrected chi connectivity index (χ3v) is 1.07. The van der Waals surface area contributed by atoms with Crippen molar-refractivity contribution in [2.45, 2.75) is 26.4 Å². The lowest BCUT2D eigenvalue weighted by molar-refractivity contribution is -0.130. The summed E-state index contributed by atoms with van der Waals surface area (Å²) >= 11 is 0. The predicted molar refractivity (Wildman–Crippen MR) is 36.4 cm³/mol. The van der Waals surface area contributed by atoms with Gasteiger partial charge in [-0.2, -0.15) is 0 Å². The van der Waals surface area contributed by atoms with Crippen molar-refractivity contribution in [3.8, 4) is 0 Å². The summed E-state index contributed by atoms with van der Waals surface area (Å²) in [7, 11) is 0. The van der Waals surface area contributed by atoms with Gasteiger partial charge in [-0.25, -0.2) is 4.39 Å². The van der Waals surface area contributed by atoms with E-state index in [1.54, 1.807) is 0 Å². The van der Waals surface area contributed by atoms with Crippen LogP contribution in [0.2, 0.25) is 0 Å². The van der Waals surface area contributed by atoms with Crippen molar-refractivity contribution in [3.05, 3.63) is 0 Å². The SMILES string of the molecule is CC(C)CC(F)COC=O. The molecule has 0 N–H and O–H groups in total. The maximum absolute atomic E-state index is 12.6. The van der Waals surface area contributed by atoms with Gasteiger partial charge in [0.2, 0.25) is 0 Å². The summed E-state index contributed by atoms with van der Waals surface area (Å²) < 4.78 is 16.8. The lowest BCUT2D eigenvalue weighted by atomic mass is 10.1. The average Bonchev–Trinajstić information content (AvgIpc) is 1.82. The maximum Gasteiger partial charge on any atom is 0.293 e. The van der Waals surface area contributed by atoms with Crippen LogP contribution < -0.4 is 0 Å². The summed E-state index contributed by atoms with van der Waals surface area (Å²) in [6.07, 6.45) is -0.557. The van der Waals surface area contributed by atoms with Gasteiger partial charge in [0, 0.05) is 0 Å². The molecule has 0 aliphatic carbocycles. The largest absolute Gasteiger partial charge is 0.465 e. The Hall–Kier alpha value is -0.600. The maximum atomic E-state index is 12.6. The molecule has 0 aliphatic heterocycles. The van der Waals surface area contributed by atoms with Crippen molar-refractivity contribution >= 4 is 6.47 Å². The Labute approximate surface area is 60.4 Å². The third-order valence-electron chi connectivity index (χ3n) is 1.07. The molecule has 2 nitrogen and oxygen atoms in total. The minimum atomic E-state index is -1.01. The smallest absolute Gasteiger partial charge is 0.293 e. The van der Waals surface area contributed by atoms with Crippen molar-refractivity contribution in [1.82, 2.24) is 0 Å². The summed E-state index contributed by atoms with van der Waals surface area (Å²) in [6.45, 7) is 4.01. The van der Waals surface area contributed by atoms with E-state index in [9.17, 15) is 9.18 Å². The molecule has 0 amide bonds. The number of hydrogen-bond donors (Lipinski definition) is 0. The van der Waals surface area contributed by atoms with Crippen molar-refractivity contribution in [1.29, 1.82) is 0 Å². The highest BCUT2D eigenvalue weighted by atomic mass is 19.1. The lowest BCUT2D eigenvalue weighted by Gasteiger charge is -2.08. The molecule has 3 heteroatoms. The molecule has 0 radical (unpaired) electrons. The van der Waals surface area contributed by atoms with Crippen LogP contribution in [0.1, 0.15) is 20.3 Å². The van der Waals surface area contributed by atoms with Gasteiger partial charge in [-0.3, -0.25) is 4.79 Å². The monoisotopic (exact) mass is 148 g/mol. The topological polar surface area (TPSA) is 26.3 Å². The van der Waals surface area contributed by atoms with Gasteiger partial charge in [-0.1, -0.05) is 13.8 Å². The van der Waals surface area contributed by atoms with E-state index in [1.807, 2.05) is 13.8 Å².